The number of nitrogens with one attached hydrogen (secondary N) is 1. The molecule has 24 heavy (non-hydrogen) atoms. The van der Waals surface area contributed by atoms with Crippen molar-refractivity contribution in [3.05, 3.63) is 23.8 Å². The summed E-state index contributed by atoms with van der Waals surface area (Å²) in [5.41, 5.74) is 0.814. The van der Waals surface area contributed by atoms with Gasteiger partial charge in [-0.25, -0.2) is 4.79 Å². The molecule has 7 heteroatoms. The maximum absolute atomic E-state index is 12.0. The van der Waals surface area contributed by atoms with E-state index in [1.807, 2.05) is 0 Å². The fraction of sp³-hybridized carbons (Fsp3) is 0.529. The van der Waals surface area contributed by atoms with Gasteiger partial charge in [0.15, 0.2) is 0 Å². The highest BCUT2D eigenvalue weighted by molar-refractivity contribution is 5.95. The van der Waals surface area contributed by atoms with Gasteiger partial charge in [0.2, 0.25) is 5.91 Å². The third kappa shape index (κ3) is 5.21. The first-order valence-electron chi connectivity index (χ1n) is 7.89. The Bertz CT molecular complexity index is 570. The molecule has 7 nitrogen and oxygen atoms in total. The summed E-state index contributed by atoms with van der Waals surface area (Å²) in [5, 5.41) is 2.74. The molecular weight excluding hydrogens is 314 g/mol. The van der Waals surface area contributed by atoms with Gasteiger partial charge in [-0.2, -0.15) is 0 Å². The molecule has 0 saturated heterocycles. The Balaban J connectivity index is 2.01. The molecule has 0 unspecified atom stereocenters. The second-order valence-corrected chi connectivity index (χ2v) is 5.46. The van der Waals surface area contributed by atoms with Gasteiger partial charge in [0, 0.05) is 7.11 Å². The van der Waals surface area contributed by atoms with E-state index in [9.17, 15) is 9.59 Å². The number of amides is 1. The Morgan fingerprint density at radius 2 is 2.00 bits per heavy atom. The van der Waals surface area contributed by atoms with E-state index in [1.54, 1.807) is 19.2 Å². The molecule has 0 heterocycles. The van der Waals surface area contributed by atoms with Crippen LogP contribution in [0.2, 0.25) is 0 Å². The van der Waals surface area contributed by atoms with Crippen molar-refractivity contribution in [3.63, 3.8) is 0 Å². The van der Waals surface area contributed by atoms with E-state index in [0.717, 1.165) is 19.3 Å². The average molecular weight is 337 g/mol. The molecule has 1 amide bonds. The Kier molecular flexibility index (Phi) is 7.02. The topological polar surface area (TPSA) is 83.1 Å². The van der Waals surface area contributed by atoms with E-state index in [-0.39, 0.29) is 18.6 Å². The molecule has 0 atom stereocenters. The molecule has 1 aromatic carbocycles. The highest BCUT2D eigenvalue weighted by atomic mass is 16.5. The Morgan fingerprint density at radius 1 is 1.21 bits per heavy atom. The van der Waals surface area contributed by atoms with Crippen LogP contribution in [0.3, 0.4) is 0 Å². The van der Waals surface area contributed by atoms with Crippen molar-refractivity contribution in [1.29, 1.82) is 0 Å². The fourth-order valence-corrected chi connectivity index (χ4v) is 2.14. The predicted molar refractivity (Wildman–Crippen MR) is 87.4 cm³/mol. The van der Waals surface area contributed by atoms with Crippen molar-refractivity contribution < 1.29 is 28.5 Å². The van der Waals surface area contributed by atoms with Crippen LogP contribution in [0.5, 0.6) is 5.75 Å². The first-order valence-corrected chi connectivity index (χ1v) is 7.89. The minimum atomic E-state index is -0.474. The molecule has 1 aliphatic rings. The van der Waals surface area contributed by atoms with Crippen LogP contribution in [0.25, 0.3) is 0 Å². The molecule has 1 saturated carbocycles. The van der Waals surface area contributed by atoms with Crippen molar-refractivity contribution in [2.45, 2.75) is 25.4 Å². The second-order valence-electron chi connectivity index (χ2n) is 5.46. The number of carbonyl (C=O) groups excluding carboxylic acids is 2. The van der Waals surface area contributed by atoms with Crippen LogP contribution in [0.15, 0.2) is 18.2 Å². The van der Waals surface area contributed by atoms with Crippen LogP contribution in [0, 0.1) is 0 Å². The second kappa shape index (κ2) is 9.24. The van der Waals surface area contributed by atoms with Gasteiger partial charge < -0.3 is 24.3 Å². The van der Waals surface area contributed by atoms with Gasteiger partial charge in [-0.15, -0.1) is 0 Å². The molecule has 1 N–H and O–H groups in total. The molecule has 0 radical (unpaired) electrons. The molecule has 132 valence electrons. The monoisotopic (exact) mass is 337 g/mol. The number of benzene rings is 1. The van der Waals surface area contributed by atoms with Crippen molar-refractivity contribution in [2.24, 2.45) is 0 Å². The maximum atomic E-state index is 12.0. The summed E-state index contributed by atoms with van der Waals surface area (Å²) in [6.45, 7) is 0.685. The lowest BCUT2D eigenvalue weighted by Crippen LogP contribution is -2.27. The van der Waals surface area contributed by atoms with Crippen LogP contribution in [-0.4, -0.2) is 52.0 Å². The molecule has 0 aliphatic heterocycles. The van der Waals surface area contributed by atoms with E-state index in [4.69, 9.17) is 18.9 Å². The highest BCUT2D eigenvalue weighted by Crippen LogP contribution is 2.27. The van der Waals surface area contributed by atoms with Gasteiger partial charge in [-0.1, -0.05) is 0 Å². The first-order chi connectivity index (χ1) is 11.6. The molecule has 0 bridgehead atoms. The van der Waals surface area contributed by atoms with Gasteiger partial charge in [0.1, 0.15) is 19.0 Å². The van der Waals surface area contributed by atoms with E-state index in [2.05, 4.69) is 5.32 Å². The average Bonchev–Trinajstić information content (AvgIpc) is 2.54. The molecule has 0 spiro atoms. The summed E-state index contributed by atoms with van der Waals surface area (Å²) < 4.78 is 20.7. The van der Waals surface area contributed by atoms with Gasteiger partial charge in [0.05, 0.1) is 31.1 Å². The largest absolute Gasteiger partial charge is 0.489 e. The van der Waals surface area contributed by atoms with Crippen molar-refractivity contribution in [2.75, 3.05) is 39.4 Å². The van der Waals surface area contributed by atoms with E-state index in [0.29, 0.717) is 30.2 Å². The van der Waals surface area contributed by atoms with E-state index in [1.165, 1.54) is 13.2 Å². The summed E-state index contributed by atoms with van der Waals surface area (Å²) in [7, 11) is 2.87. The number of carbonyl (C=O) groups is 2. The van der Waals surface area contributed by atoms with Crippen LogP contribution >= 0.6 is 0 Å². The molecule has 0 aromatic heterocycles. The quantitative estimate of drug-likeness (QED) is 0.548. The molecule has 1 aromatic rings. The minimum Gasteiger partial charge on any atom is -0.489 e. The zero-order valence-corrected chi connectivity index (χ0v) is 14.0. The number of rotatable bonds is 9. The number of esters is 1. The minimum absolute atomic E-state index is 0.000923. The van der Waals surface area contributed by atoms with E-state index < -0.39 is 5.97 Å². The van der Waals surface area contributed by atoms with Crippen LogP contribution < -0.4 is 10.1 Å². The van der Waals surface area contributed by atoms with Gasteiger partial charge in [-0.3, -0.25) is 4.79 Å². The van der Waals surface area contributed by atoms with Gasteiger partial charge in [0.25, 0.3) is 0 Å². The Morgan fingerprint density at radius 3 is 2.62 bits per heavy atom. The Labute approximate surface area is 141 Å². The van der Waals surface area contributed by atoms with Crippen LogP contribution in [0.4, 0.5) is 5.69 Å². The summed E-state index contributed by atoms with van der Waals surface area (Å²) in [6, 6.07) is 4.71. The normalized spacial score (nSPS) is 13.9. The summed E-state index contributed by atoms with van der Waals surface area (Å²) in [5.74, 6) is -0.353. The number of hydrogen-bond acceptors (Lipinski definition) is 6. The predicted octanol–water partition coefficient (Wildman–Crippen LogP) is 2.01. The summed E-state index contributed by atoms with van der Waals surface area (Å²) >= 11 is 0. The van der Waals surface area contributed by atoms with Crippen molar-refractivity contribution >= 4 is 17.6 Å². The zero-order chi connectivity index (χ0) is 17.4. The molecule has 2 rings (SSSR count). The highest BCUT2D eigenvalue weighted by Gasteiger charge is 2.19. The standard InChI is InChI=1S/C17H23NO6/c1-21-8-9-23-15-10-12(17(20)22-2)6-7-14(15)18-16(19)11-24-13-4-3-5-13/h6-7,10,13H,3-5,8-9,11H2,1-2H3,(H,18,19). The molecular formula is C17H23NO6. The van der Waals surface area contributed by atoms with Crippen LogP contribution in [-0.2, 0) is 19.0 Å². The lowest BCUT2D eigenvalue weighted by Gasteiger charge is -2.25. The zero-order valence-electron chi connectivity index (χ0n) is 14.0. The van der Waals surface area contributed by atoms with E-state index >= 15 is 0 Å². The van der Waals surface area contributed by atoms with Crippen LogP contribution in [0.1, 0.15) is 29.6 Å². The maximum Gasteiger partial charge on any atom is 0.337 e. The first kappa shape index (κ1) is 18.2. The van der Waals surface area contributed by atoms with Crippen molar-refractivity contribution in [3.8, 4) is 5.75 Å². The van der Waals surface area contributed by atoms with Gasteiger partial charge in [-0.05, 0) is 37.5 Å². The number of hydrogen-bond donors (Lipinski definition) is 1. The lowest BCUT2D eigenvalue weighted by atomic mass is 9.96. The third-order valence-electron chi connectivity index (χ3n) is 3.72. The fourth-order valence-electron chi connectivity index (χ4n) is 2.14. The van der Waals surface area contributed by atoms with Gasteiger partial charge >= 0.3 is 5.97 Å². The summed E-state index contributed by atoms with van der Waals surface area (Å²) in [4.78, 5) is 23.6. The lowest BCUT2D eigenvalue weighted by molar-refractivity contribution is -0.124. The number of methoxy groups -OCH3 is 2. The number of anilines is 1. The number of ether oxygens (including phenoxy) is 4. The third-order valence-corrected chi connectivity index (χ3v) is 3.72. The van der Waals surface area contributed by atoms with Crippen molar-refractivity contribution in [1.82, 2.24) is 0 Å². The molecule has 1 fully saturated rings. The summed E-state index contributed by atoms with van der Waals surface area (Å²) in [6.07, 6.45) is 3.35. The molecule has 1 aliphatic carbocycles. The Hall–Kier alpha value is -2.12. The smallest absolute Gasteiger partial charge is 0.337 e. The SMILES string of the molecule is COCCOc1cc(C(=O)OC)ccc1NC(=O)COC1CCC1.